The lowest BCUT2D eigenvalue weighted by molar-refractivity contribution is -0.130. The van der Waals surface area contributed by atoms with Gasteiger partial charge in [0, 0.05) is 37.0 Å². The van der Waals surface area contributed by atoms with Crippen LogP contribution in [0.2, 0.25) is 10.1 Å². The summed E-state index contributed by atoms with van der Waals surface area (Å²) in [7, 11) is -3.46. The van der Waals surface area contributed by atoms with E-state index in [2.05, 4.69) is 30.8 Å². The van der Waals surface area contributed by atoms with Crippen molar-refractivity contribution in [2.45, 2.75) is 83.1 Å². The molecule has 0 radical (unpaired) electrons. The van der Waals surface area contributed by atoms with Crippen molar-refractivity contribution in [3.63, 3.8) is 0 Å². The number of nitrogens with zero attached hydrogens (tertiary/aromatic N) is 4. The first kappa shape index (κ1) is 39.8. The molecule has 15 heteroatoms. The lowest BCUT2D eigenvalue weighted by atomic mass is 10.1. The van der Waals surface area contributed by atoms with Gasteiger partial charge in [-0.3, -0.25) is 28.9 Å². The number of carbonyl (C=O) groups excluding carboxylic acids is 4. The van der Waals surface area contributed by atoms with E-state index in [1.54, 1.807) is 42.5 Å². The molecule has 3 aromatic rings. The van der Waals surface area contributed by atoms with Gasteiger partial charge in [-0.05, 0) is 58.4 Å². The maximum Gasteiger partial charge on any atom is 0.300 e. The molecule has 2 heterocycles. The number of aromatic nitrogens is 2. The Bertz CT molecular complexity index is 1810. The molecule has 1 saturated heterocycles. The standard InChI is InChI=1S/C37H49FN8O5Si/c1-36(2,3)52(38,37(4,5)6)26-14-11-24(12-15-26)33(48)42-21-28(39)34(49)41-17-9-19-51-25-13-16-29-27(20-25)32(45-23-44-29)35(50)43-22-31(47)46-18-8-10-30(46)40-7/h11-16,20,23,28,30H,8-10,17-19,21-22,39H2,1-6H3,(H,41,49)(H,42,48)(H,43,50)/t28-,30+/m1/s1. The molecule has 0 spiro atoms. The van der Waals surface area contributed by atoms with Gasteiger partial charge < -0.3 is 30.5 Å². The number of benzene rings is 2. The molecule has 4 amide bonds. The second-order valence-electron chi connectivity index (χ2n) is 15.0. The van der Waals surface area contributed by atoms with Crippen LogP contribution in [0, 0.1) is 6.57 Å². The molecule has 1 aromatic heterocycles. The van der Waals surface area contributed by atoms with E-state index in [-0.39, 0.29) is 37.8 Å². The largest absolute Gasteiger partial charge is 0.494 e. The summed E-state index contributed by atoms with van der Waals surface area (Å²) < 4.78 is 22.4. The number of rotatable bonds is 13. The molecule has 278 valence electrons. The van der Waals surface area contributed by atoms with E-state index in [0.29, 0.717) is 46.8 Å². The number of hydrogen-bond donors (Lipinski definition) is 4. The normalized spacial score (nSPS) is 15.4. The minimum Gasteiger partial charge on any atom is -0.494 e. The number of nitrogens with two attached hydrogens (primary N) is 1. The Balaban J connectivity index is 1.22. The summed E-state index contributed by atoms with van der Waals surface area (Å²) >= 11 is 0. The van der Waals surface area contributed by atoms with Crippen LogP contribution in [0.3, 0.4) is 0 Å². The Kier molecular flexibility index (Phi) is 12.7. The summed E-state index contributed by atoms with van der Waals surface area (Å²) in [6.45, 7) is 19.4. The van der Waals surface area contributed by atoms with Crippen molar-refractivity contribution in [1.82, 2.24) is 30.8 Å². The summed E-state index contributed by atoms with van der Waals surface area (Å²) in [5.41, 5.74) is 6.97. The summed E-state index contributed by atoms with van der Waals surface area (Å²) in [4.78, 5) is 64.2. The van der Waals surface area contributed by atoms with Gasteiger partial charge in [-0.25, -0.2) is 16.5 Å². The summed E-state index contributed by atoms with van der Waals surface area (Å²) in [6, 6.07) is 10.7. The second-order valence-corrected chi connectivity index (χ2v) is 19.9. The summed E-state index contributed by atoms with van der Waals surface area (Å²) in [5.74, 6) is -1.26. The van der Waals surface area contributed by atoms with E-state index < -0.39 is 48.4 Å². The van der Waals surface area contributed by atoms with E-state index in [4.69, 9.17) is 17.0 Å². The number of carbonyl (C=O) groups is 4. The van der Waals surface area contributed by atoms with Crippen LogP contribution in [0.25, 0.3) is 15.7 Å². The third kappa shape index (κ3) is 9.10. The Morgan fingerprint density at radius 1 is 1.02 bits per heavy atom. The van der Waals surface area contributed by atoms with Crippen LogP contribution in [0.1, 0.15) is 81.7 Å². The van der Waals surface area contributed by atoms with Gasteiger partial charge in [-0.2, -0.15) is 0 Å². The van der Waals surface area contributed by atoms with Gasteiger partial charge in [0.25, 0.3) is 20.2 Å². The topological polar surface area (TPSA) is 173 Å². The van der Waals surface area contributed by atoms with Gasteiger partial charge in [0.15, 0.2) is 0 Å². The van der Waals surface area contributed by atoms with Crippen LogP contribution < -0.4 is 31.6 Å². The maximum absolute atomic E-state index is 16.6. The molecule has 1 aliphatic rings. The van der Waals surface area contributed by atoms with Crippen LogP contribution in [-0.4, -0.2) is 91.9 Å². The fourth-order valence-electron chi connectivity index (χ4n) is 6.67. The fourth-order valence-corrected chi connectivity index (χ4v) is 11.3. The molecule has 1 fully saturated rings. The smallest absolute Gasteiger partial charge is 0.300 e. The first-order valence-electron chi connectivity index (χ1n) is 17.4. The number of halogens is 1. The highest BCUT2D eigenvalue weighted by Gasteiger charge is 2.56. The molecular formula is C37H49FN8O5Si. The molecule has 2 aromatic carbocycles. The highest BCUT2D eigenvalue weighted by molar-refractivity contribution is 6.90. The number of hydrogen-bond acceptors (Lipinski definition) is 8. The lowest BCUT2D eigenvalue weighted by Crippen LogP contribution is -2.57. The van der Waals surface area contributed by atoms with Gasteiger partial charge in [0.2, 0.25) is 11.8 Å². The van der Waals surface area contributed by atoms with Crippen molar-refractivity contribution >= 4 is 48.1 Å². The zero-order valence-corrected chi connectivity index (χ0v) is 31.7. The number of fused-ring (bicyclic) bond motifs is 1. The maximum atomic E-state index is 16.6. The quantitative estimate of drug-likeness (QED) is 0.0894. The zero-order chi connectivity index (χ0) is 38.3. The predicted octanol–water partition coefficient (Wildman–Crippen LogP) is 3.59. The molecule has 52 heavy (non-hydrogen) atoms. The number of likely N-dealkylation sites (tertiary alicyclic amines) is 1. The first-order valence-corrected chi connectivity index (χ1v) is 19.3. The average molecular weight is 733 g/mol. The molecule has 0 unspecified atom stereocenters. The van der Waals surface area contributed by atoms with E-state index in [9.17, 15) is 19.2 Å². The van der Waals surface area contributed by atoms with Gasteiger partial charge in [0.1, 0.15) is 23.8 Å². The molecule has 2 atom stereocenters. The van der Waals surface area contributed by atoms with Crippen LogP contribution in [0.5, 0.6) is 5.75 Å². The van der Waals surface area contributed by atoms with Crippen molar-refractivity contribution in [1.29, 1.82) is 0 Å². The molecule has 0 bridgehead atoms. The Labute approximate surface area is 305 Å². The molecule has 4 rings (SSSR count). The van der Waals surface area contributed by atoms with E-state index in [1.165, 1.54) is 11.2 Å². The fraction of sp³-hybridized carbons (Fsp3) is 0.486. The van der Waals surface area contributed by atoms with Crippen molar-refractivity contribution in [2.75, 3.05) is 32.8 Å². The van der Waals surface area contributed by atoms with Crippen LogP contribution >= 0.6 is 0 Å². The number of ether oxygens (including phenoxy) is 1. The van der Waals surface area contributed by atoms with Gasteiger partial charge in [-0.15, -0.1) is 0 Å². The van der Waals surface area contributed by atoms with Crippen LogP contribution in [0.15, 0.2) is 48.8 Å². The van der Waals surface area contributed by atoms with Crippen LogP contribution in [0.4, 0.5) is 4.11 Å². The minimum atomic E-state index is -3.46. The molecule has 0 aliphatic carbocycles. The van der Waals surface area contributed by atoms with Crippen molar-refractivity contribution in [2.24, 2.45) is 5.73 Å². The average Bonchev–Trinajstić information content (AvgIpc) is 3.60. The van der Waals surface area contributed by atoms with E-state index >= 15 is 4.11 Å². The summed E-state index contributed by atoms with van der Waals surface area (Å²) in [5, 5.41) is 8.00. The van der Waals surface area contributed by atoms with Crippen molar-refractivity contribution in [3.05, 3.63) is 71.5 Å². The number of nitrogens with one attached hydrogen (secondary N) is 3. The molecule has 13 nitrogen and oxygen atoms in total. The van der Waals surface area contributed by atoms with Crippen molar-refractivity contribution in [3.8, 4) is 5.75 Å². The third-order valence-corrected chi connectivity index (χ3v) is 14.5. The Morgan fingerprint density at radius 2 is 1.71 bits per heavy atom. The zero-order valence-electron chi connectivity index (χ0n) is 30.7. The minimum absolute atomic E-state index is 0.0845. The highest BCUT2D eigenvalue weighted by Crippen LogP contribution is 2.51. The van der Waals surface area contributed by atoms with E-state index in [0.717, 1.165) is 6.42 Å². The Morgan fingerprint density at radius 3 is 2.37 bits per heavy atom. The Hall–Kier alpha value is -4.94. The van der Waals surface area contributed by atoms with Gasteiger partial charge in [0.05, 0.1) is 18.7 Å². The summed E-state index contributed by atoms with van der Waals surface area (Å²) in [6.07, 6.45) is 2.60. The lowest BCUT2D eigenvalue weighted by Gasteiger charge is -2.44. The SMILES string of the molecule is [C-]#[N+][C@@H]1CCCN1C(=O)CNC(=O)c1ncnc2ccc(OCCCNC(=O)[C@H](N)CNC(=O)c3ccc([Si](F)(C(C)(C)C)C(C)(C)C)cc3)cc12. The van der Waals surface area contributed by atoms with Crippen LogP contribution in [-0.2, 0) is 9.59 Å². The second kappa shape index (κ2) is 16.6. The first-order chi connectivity index (χ1) is 24.5. The third-order valence-electron chi connectivity index (χ3n) is 9.23. The van der Waals surface area contributed by atoms with Gasteiger partial charge in [-0.1, -0.05) is 53.7 Å². The monoisotopic (exact) mass is 732 g/mol. The predicted molar refractivity (Wildman–Crippen MR) is 199 cm³/mol. The molecule has 0 saturated carbocycles. The molecular weight excluding hydrogens is 684 g/mol. The molecule has 1 aliphatic heterocycles. The molecule has 5 N–H and O–H groups in total. The highest BCUT2D eigenvalue weighted by atomic mass is 28.4. The van der Waals surface area contributed by atoms with Crippen molar-refractivity contribution < 1.29 is 28.0 Å². The van der Waals surface area contributed by atoms with E-state index in [1.807, 2.05) is 41.5 Å². The number of amides is 4. The van der Waals surface area contributed by atoms with Gasteiger partial charge >= 0.3 is 6.17 Å².